The highest BCUT2D eigenvalue weighted by molar-refractivity contribution is 6.33. The van der Waals surface area contributed by atoms with Crippen molar-refractivity contribution in [2.24, 2.45) is 5.41 Å². The minimum Gasteiger partial charge on any atom is -0.508 e. The van der Waals surface area contributed by atoms with Gasteiger partial charge < -0.3 is 5.11 Å². The van der Waals surface area contributed by atoms with E-state index in [4.69, 9.17) is 11.6 Å². The number of Topliss-reactive ketones (excluding diaryl/α,β-unsaturated/α-hetero) is 1. The Morgan fingerprint density at radius 1 is 1.09 bits per heavy atom. The lowest BCUT2D eigenvalue weighted by Gasteiger charge is -2.26. The first-order valence-electron chi connectivity index (χ1n) is 9.55. The van der Waals surface area contributed by atoms with E-state index in [-0.39, 0.29) is 35.3 Å². The van der Waals surface area contributed by atoms with Crippen molar-refractivity contribution in [3.63, 3.8) is 0 Å². The first-order valence-corrected chi connectivity index (χ1v) is 9.93. The molecule has 0 amide bonds. The molecule has 32 heavy (non-hydrogen) atoms. The van der Waals surface area contributed by atoms with Crippen molar-refractivity contribution in [3.05, 3.63) is 63.5 Å². The van der Waals surface area contributed by atoms with Crippen LogP contribution in [0.5, 0.6) is 5.75 Å². The fourth-order valence-corrected chi connectivity index (χ4v) is 3.10. The van der Waals surface area contributed by atoms with Crippen LogP contribution in [0.15, 0.2) is 47.3 Å². The van der Waals surface area contributed by atoms with Gasteiger partial charge in [0.1, 0.15) is 22.8 Å². The van der Waals surface area contributed by atoms with E-state index in [1.165, 1.54) is 18.2 Å². The molecule has 2 aromatic carbocycles. The number of nitrogens with zero attached hydrogens (tertiary/aromatic N) is 2. The third kappa shape index (κ3) is 4.99. The van der Waals surface area contributed by atoms with Crippen LogP contribution in [0.25, 0.3) is 22.8 Å². The van der Waals surface area contributed by atoms with Gasteiger partial charge in [-0.15, -0.1) is 0 Å². The standard InChI is InChI=1S/C22H19ClF3N3O3/c1-21(2,22(24,25)26)17(31)10-4-12-3-9-16(23)15(11-12)19-27-18(28-20(32)29-19)13-5-7-14(30)8-6-13/h3,5-9,11,30H,4,10H2,1-2H3,(H,27,28,29,32). The molecule has 0 atom stereocenters. The molecule has 0 bridgehead atoms. The summed E-state index contributed by atoms with van der Waals surface area (Å²) < 4.78 is 39.3. The Labute approximate surface area is 186 Å². The number of benzene rings is 2. The van der Waals surface area contributed by atoms with Gasteiger partial charge in [0.15, 0.2) is 5.82 Å². The van der Waals surface area contributed by atoms with Crippen molar-refractivity contribution in [2.45, 2.75) is 32.9 Å². The number of H-pyrrole nitrogens is 1. The Kier molecular flexibility index (Phi) is 6.41. The number of ketones is 1. The van der Waals surface area contributed by atoms with Gasteiger partial charge >= 0.3 is 11.9 Å². The highest BCUT2D eigenvalue weighted by Crippen LogP contribution is 2.39. The number of halogens is 4. The molecule has 0 aliphatic heterocycles. The SMILES string of the molecule is CC(C)(C(=O)CCc1ccc(Cl)c(-c2nc(-c3ccc(O)cc3)nc(=O)[nH]2)c1)C(F)(F)F. The molecule has 3 rings (SSSR count). The molecule has 0 aliphatic carbocycles. The number of phenols is 1. The number of hydrogen-bond acceptors (Lipinski definition) is 5. The zero-order valence-corrected chi connectivity index (χ0v) is 17.9. The fraction of sp³-hybridized carbons (Fsp3) is 0.273. The second-order valence-electron chi connectivity index (χ2n) is 7.73. The van der Waals surface area contributed by atoms with Gasteiger partial charge in [-0.2, -0.15) is 18.2 Å². The molecular weight excluding hydrogens is 447 g/mol. The Morgan fingerprint density at radius 3 is 2.38 bits per heavy atom. The molecule has 168 valence electrons. The lowest BCUT2D eigenvalue weighted by Crippen LogP contribution is -2.39. The highest BCUT2D eigenvalue weighted by atomic mass is 35.5. The summed E-state index contributed by atoms with van der Waals surface area (Å²) in [7, 11) is 0. The molecule has 0 aliphatic rings. The number of aromatic nitrogens is 3. The van der Waals surface area contributed by atoms with Gasteiger partial charge in [-0.1, -0.05) is 17.7 Å². The quantitative estimate of drug-likeness (QED) is 0.537. The Bertz CT molecular complexity index is 1210. The maximum absolute atomic E-state index is 13.1. The van der Waals surface area contributed by atoms with Gasteiger partial charge in [-0.05, 0) is 62.2 Å². The summed E-state index contributed by atoms with van der Waals surface area (Å²) in [4.78, 5) is 34.9. The minimum atomic E-state index is -4.64. The summed E-state index contributed by atoms with van der Waals surface area (Å²) in [5.41, 5.74) is -1.74. The molecule has 0 radical (unpaired) electrons. The number of rotatable bonds is 6. The summed E-state index contributed by atoms with van der Waals surface area (Å²) >= 11 is 6.27. The summed E-state index contributed by atoms with van der Waals surface area (Å²) in [5.74, 6) is -0.668. The van der Waals surface area contributed by atoms with Gasteiger partial charge in [-0.25, -0.2) is 9.78 Å². The lowest BCUT2D eigenvalue weighted by atomic mass is 9.84. The van der Waals surface area contributed by atoms with Crippen LogP contribution in [0.2, 0.25) is 5.02 Å². The number of nitrogens with one attached hydrogen (secondary N) is 1. The number of hydrogen-bond donors (Lipinski definition) is 2. The normalized spacial score (nSPS) is 12.1. The zero-order valence-electron chi connectivity index (χ0n) is 17.1. The van der Waals surface area contributed by atoms with Crippen LogP contribution >= 0.6 is 11.6 Å². The monoisotopic (exact) mass is 465 g/mol. The van der Waals surface area contributed by atoms with E-state index in [0.717, 1.165) is 13.8 Å². The maximum Gasteiger partial charge on any atom is 0.400 e. The van der Waals surface area contributed by atoms with Crippen molar-refractivity contribution < 1.29 is 23.1 Å². The largest absolute Gasteiger partial charge is 0.508 e. The summed E-state index contributed by atoms with van der Waals surface area (Å²) in [6.45, 7) is 1.72. The van der Waals surface area contributed by atoms with Crippen LogP contribution in [-0.4, -0.2) is 32.0 Å². The highest BCUT2D eigenvalue weighted by Gasteiger charge is 2.51. The van der Waals surface area contributed by atoms with Gasteiger partial charge in [-0.3, -0.25) is 9.78 Å². The van der Waals surface area contributed by atoms with Crippen molar-refractivity contribution in [1.82, 2.24) is 15.0 Å². The third-order valence-electron chi connectivity index (χ3n) is 5.11. The number of phenolic OH excluding ortho intramolecular Hbond substituents is 1. The first-order chi connectivity index (χ1) is 14.9. The van der Waals surface area contributed by atoms with Gasteiger partial charge in [0.25, 0.3) is 0 Å². The second-order valence-corrected chi connectivity index (χ2v) is 8.14. The molecular formula is C22H19ClF3N3O3. The summed E-state index contributed by atoms with van der Waals surface area (Å²) in [6.07, 6.45) is -4.89. The van der Waals surface area contributed by atoms with Crippen LogP contribution in [0.1, 0.15) is 25.8 Å². The Hall–Kier alpha value is -3.20. The number of carbonyl (C=O) groups excluding carboxylic acids is 1. The van der Waals surface area contributed by atoms with E-state index in [9.17, 15) is 27.9 Å². The topological polar surface area (TPSA) is 95.9 Å². The minimum absolute atomic E-state index is 0.0396. The van der Waals surface area contributed by atoms with E-state index in [0.29, 0.717) is 16.7 Å². The van der Waals surface area contributed by atoms with E-state index in [2.05, 4.69) is 15.0 Å². The molecule has 2 N–H and O–H groups in total. The Balaban J connectivity index is 1.90. The van der Waals surface area contributed by atoms with Gasteiger partial charge in [0.2, 0.25) is 0 Å². The predicted molar refractivity (Wildman–Crippen MR) is 113 cm³/mol. The number of carbonyl (C=O) groups is 1. The second kappa shape index (κ2) is 8.74. The molecule has 0 fully saturated rings. The predicted octanol–water partition coefficient (Wildman–Crippen LogP) is 4.95. The smallest absolute Gasteiger partial charge is 0.400 e. The Morgan fingerprint density at radius 2 is 1.75 bits per heavy atom. The molecule has 0 saturated carbocycles. The molecule has 6 nitrogen and oxygen atoms in total. The van der Waals surface area contributed by atoms with E-state index < -0.39 is 23.1 Å². The van der Waals surface area contributed by atoms with Gasteiger partial charge in [0.05, 0.1) is 5.02 Å². The molecule has 0 unspecified atom stereocenters. The molecule has 3 aromatic rings. The van der Waals surface area contributed by atoms with E-state index in [1.54, 1.807) is 24.3 Å². The molecule has 1 aromatic heterocycles. The number of aromatic amines is 1. The summed E-state index contributed by atoms with van der Waals surface area (Å²) in [6, 6.07) is 10.6. The number of alkyl halides is 3. The number of aromatic hydroxyl groups is 1. The van der Waals surface area contributed by atoms with Crippen molar-refractivity contribution in [2.75, 3.05) is 0 Å². The van der Waals surface area contributed by atoms with Crippen LogP contribution in [0, 0.1) is 5.41 Å². The van der Waals surface area contributed by atoms with E-state index in [1.807, 2.05) is 0 Å². The third-order valence-corrected chi connectivity index (χ3v) is 5.44. The number of aryl methyl sites for hydroxylation is 1. The fourth-order valence-electron chi connectivity index (χ4n) is 2.89. The molecule has 0 spiro atoms. The summed E-state index contributed by atoms with van der Waals surface area (Å²) in [5, 5.41) is 9.68. The van der Waals surface area contributed by atoms with Crippen molar-refractivity contribution >= 4 is 17.4 Å². The maximum atomic E-state index is 13.1. The molecule has 10 heteroatoms. The van der Waals surface area contributed by atoms with Crippen molar-refractivity contribution in [1.29, 1.82) is 0 Å². The zero-order chi connectivity index (χ0) is 23.7. The van der Waals surface area contributed by atoms with Crippen LogP contribution < -0.4 is 5.69 Å². The average Bonchev–Trinajstić information content (AvgIpc) is 2.72. The molecule has 1 heterocycles. The van der Waals surface area contributed by atoms with Crippen LogP contribution in [-0.2, 0) is 11.2 Å². The van der Waals surface area contributed by atoms with Gasteiger partial charge in [0, 0.05) is 17.5 Å². The molecule has 0 saturated heterocycles. The van der Waals surface area contributed by atoms with Crippen LogP contribution in [0.4, 0.5) is 13.2 Å². The van der Waals surface area contributed by atoms with Crippen LogP contribution in [0.3, 0.4) is 0 Å². The average molecular weight is 466 g/mol. The first kappa shape index (κ1) is 23.5. The van der Waals surface area contributed by atoms with E-state index >= 15 is 0 Å². The lowest BCUT2D eigenvalue weighted by molar-refractivity contribution is -0.210. The van der Waals surface area contributed by atoms with Crippen molar-refractivity contribution in [3.8, 4) is 28.5 Å².